The third-order valence-corrected chi connectivity index (χ3v) is 4.91. The number of anilines is 1. The maximum absolute atomic E-state index is 12.4. The third kappa shape index (κ3) is 7.62. The van der Waals surface area contributed by atoms with Crippen LogP contribution in [-0.4, -0.2) is 30.7 Å². The van der Waals surface area contributed by atoms with E-state index in [1.807, 2.05) is 56.3 Å². The first-order chi connectivity index (χ1) is 12.5. The molecule has 27 heavy (non-hydrogen) atoms. The van der Waals surface area contributed by atoms with Crippen LogP contribution in [0.4, 0.5) is 5.69 Å². The standard InChI is InChI=1S/C20H25N3O2S.ClH/c1-14-7-9-16(10-8-14)23-19(24)13-26-18-6-4-3-5-17(18)20(25)22-12-15(2)11-21;/h3-10,15H,11-13,21H2,1-2H3,(H,22,25)(H,23,24);1H. The average molecular weight is 408 g/mol. The summed E-state index contributed by atoms with van der Waals surface area (Å²) >= 11 is 1.35. The Morgan fingerprint density at radius 2 is 1.78 bits per heavy atom. The van der Waals surface area contributed by atoms with E-state index in [1.54, 1.807) is 6.07 Å². The minimum Gasteiger partial charge on any atom is -0.352 e. The van der Waals surface area contributed by atoms with Crippen LogP contribution in [0.3, 0.4) is 0 Å². The van der Waals surface area contributed by atoms with Crippen LogP contribution >= 0.6 is 24.2 Å². The molecule has 2 amide bonds. The van der Waals surface area contributed by atoms with Crippen LogP contribution < -0.4 is 16.4 Å². The monoisotopic (exact) mass is 407 g/mol. The molecular formula is C20H26ClN3O2S. The van der Waals surface area contributed by atoms with Crippen LogP contribution in [0.15, 0.2) is 53.4 Å². The summed E-state index contributed by atoms with van der Waals surface area (Å²) in [5, 5.41) is 5.75. The quantitative estimate of drug-likeness (QED) is 0.585. The Balaban J connectivity index is 0.00000364. The van der Waals surface area contributed by atoms with Gasteiger partial charge < -0.3 is 16.4 Å². The van der Waals surface area contributed by atoms with E-state index >= 15 is 0 Å². The van der Waals surface area contributed by atoms with Crippen LogP contribution in [0, 0.1) is 12.8 Å². The van der Waals surface area contributed by atoms with E-state index in [2.05, 4.69) is 10.6 Å². The van der Waals surface area contributed by atoms with Crippen molar-refractivity contribution in [1.82, 2.24) is 5.32 Å². The van der Waals surface area contributed by atoms with E-state index in [0.29, 0.717) is 18.7 Å². The lowest BCUT2D eigenvalue weighted by Crippen LogP contribution is -2.31. The van der Waals surface area contributed by atoms with E-state index in [9.17, 15) is 9.59 Å². The molecule has 0 aliphatic rings. The molecule has 0 saturated carbocycles. The van der Waals surface area contributed by atoms with Crippen molar-refractivity contribution < 1.29 is 9.59 Å². The highest BCUT2D eigenvalue weighted by Gasteiger charge is 2.13. The summed E-state index contributed by atoms with van der Waals surface area (Å²) in [6.45, 7) is 5.03. The molecule has 0 aliphatic heterocycles. The van der Waals surface area contributed by atoms with E-state index in [0.717, 1.165) is 16.1 Å². The predicted molar refractivity (Wildman–Crippen MR) is 115 cm³/mol. The van der Waals surface area contributed by atoms with Gasteiger partial charge >= 0.3 is 0 Å². The number of carbonyl (C=O) groups is 2. The van der Waals surface area contributed by atoms with Crippen molar-refractivity contribution in [3.8, 4) is 0 Å². The molecule has 1 atom stereocenters. The summed E-state index contributed by atoms with van der Waals surface area (Å²) in [6, 6.07) is 14.9. The number of carbonyl (C=O) groups excluding carboxylic acids is 2. The summed E-state index contributed by atoms with van der Waals surface area (Å²) < 4.78 is 0. The van der Waals surface area contributed by atoms with Gasteiger partial charge in [-0.3, -0.25) is 9.59 Å². The van der Waals surface area contributed by atoms with Gasteiger partial charge in [-0.15, -0.1) is 24.2 Å². The number of hydrogen-bond donors (Lipinski definition) is 3. The number of rotatable bonds is 8. The zero-order valence-corrected chi connectivity index (χ0v) is 17.2. The number of aryl methyl sites for hydroxylation is 1. The minimum atomic E-state index is -0.146. The molecule has 7 heteroatoms. The smallest absolute Gasteiger partial charge is 0.252 e. The number of nitrogens with one attached hydrogen (secondary N) is 2. The number of amides is 2. The highest BCUT2D eigenvalue weighted by atomic mass is 35.5. The van der Waals surface area contributed by atoms with E-state index in [4.69, 9.17) is 5.73 Å². The molecule has 146 valence electrons. The lowest BCUT2D eigenvalue weighted by Gasteiger charge is -2.12. The largest absolute Gasteiger partial charge is 0.352 e. The first-order valence-electron chi connectivity index (χ1n) is 8.56. The van der Waals surface area contributed by atoms with Crippen molar-refractivity contribution >= 4 is 41.7 Å². The second-order valence-electron chi connectivity index (χ2n) is 6.25. The molecule has 5 nitrogen and oxygen atoms in total. The van der Waals surface area contributed by atoms with Crippen LogP contribution in [0.25, 0.3) is 0 Å². The first kappa shape index (κ1) is 23.0. The van der Waals surface area contributed by atoms with Gasteiger partial charge in [0.1, 0.15) is 0 Å². The maximum atomic E-state index is 12.4. The second kappa shape index (κ2) is 11.6. The van der Waals surface area contributed by atoms with Gasteiger partial charge in [-0.2, -0.15) is 0 Å². The number of halogens is 1. The van der Waals surface area contributed by atoms with Gasteiger partial charge in [0.05, 0.1) is 11.3 Å². The Labute approximate surface area is 170 Å². The van der Waals surface area contributed by atoms with Gasteiger partial charge in [-0.05, 0) is 43.7 Å². The molecule has 2 aromatic carbocycles. The summed E-state index contributed by atoms with van der Waals surface area (Å²) in [4.78, 5) is 25.3. The molecule has 0 aliphatic carbocycles. The van der Waals surface area contributed by atoms with Crippen molar-refractivity contribution in [2.45, 2.75) is 18.7 Å². The average Bonchev–Trinajstić information content (AvgIpc) is 2.66. The molecule has 2 rings (SSSR count). The summed E-state index contributed by atoms with van der Waals surface area (Å²) in [7, 11) is 0. The maximum Gasteiger partial charge on any atom is 0.252 e. The summed E-state index contributed by atoms with van der Waals surface area (Å²) in [5.74, 6) is 0.203. The van der Waals surface area contributed by atoms with Crippen molar-refractivity contribution in [2.24, 2.45) is 11.7 Å². The van der Waals surface area contributed by atoms with Crippen molar-refractivity contribution in [3.63, 3.8) is 0 Å². The summed E-state index contributed by atoms with van der Waals surface area (Å²) in [6.07, 6.45) is 0. The fraction of sp³-hybridized carbons (Fsp3) is 0.300. The Morgan fingerprint density at radius 3 is 2.44 bits per heavy atom. The van der Waals surface area contributed by atoms with Crippen LogP contribution in [0.5, 0.6) is 0 Å². The van der Waals surface area contributed by atoms with Gasteiger partial charge in [-0.1, -0.05) is 36.8 Å². The molecule has 0 radical (unpaired) electrons. The van der Waals surface area contributed by atoms with Gasteiger partial charge in [-0.25, -0.2) is 0 Å². The van der Waals surface area contributed by atoms with Gasteiger partial charge in [0.25, 0.3) is 5.91 Å². The molecule has 0 spiro atoms. The third-order valence-electron chi connectivity index (χ3n) is 3.84. The van der Waals surface area contributed by atoms with Gasteiger partial charge in [0.15, 0.2) is 0 Å². The number of nitrogens with two attached hydrogens (primary N) is 1. The lowest BCUT2D eigenvalue weighted by atomic mass is 10.1. The van der Waals surface area contributed by atoms with Gasteiger partial charge in [0.2, 0.25) is 5.91 Å². The van der Waals surface area contributed by atoms with Crippen molar-refractivity contribution in [2.75, 3.05) is 24.2 Å². The normalized spacial score (nSPS) is 11.2. The van der Waals surface area contributed by atoms with Gasteiger partial charge in [0, 0.05) is 17.1 Å². The summed E-state index contributed by atoms with van der Waals surface area (Å²) in [5.41, 5.74) is 8.06. The first-order valence-corrected chi connectivity index (χ1v) is 9.54. The topological polar surface area (TPSA) is 84.2 Å². The Morgan fingerprint density at radius 1 is 1.11 bits per heavy atom. The molecule has 0 fully saturated rings. The van der Waals surface area contributed by atoms with Crippen molar-refractivity contribution in [3.05, 3.63) is 59.7 Å². The Kier molecular flexibility index (Phi) is 9.93. The highest BCUT2D eigenvalue weighted by Crippen LogP contribution is 2.23. The molecule has 1 unspecified atom stereocenters. The number of benzene rings is 2. The highest BCUT2D eigenvalue weighted by molar-refractivity contribution is 8.00. The molecule has 2 aromatic rings. The zero-order chi connectivity index (χ0) is 18.9. The molecule has 0 saturated heterocycles. The van der Waals surface area contributed by atoms with E-state index in [-0.39, 0.29) is 35.9 Å². The van der Waals surface area contributed by atoms with Crippen LogP contribution in [0.1, 0.15) is 22.8 Å². The fourth-order valence-corrected chi connectivity index (χ4v) is 3.05. The fourth-order valence-electron chi connectivity index (χ4n) is 2.20. The van der Waals surface area contributed by atoms with Crippen LogP contribution in [-0.2, 0) is 4.79 Å². The number of hydrogen-bond acceptors (Lipinski definition) is 4. The Hall–Kier alpha value is -2.02. The zero-order valence-electron chi connectivity index (χ0n) is 15.5. The molecular weight excluding hydrogens is 382 g/mol. The lowest BCUT2D eigenvalue weighted by molar-refractivity contribution is -0.113. The number of thioether (sulfide) groups is 1. The minimum absolute atomic E-state index is 0. The SMILES string of the molecule is Cc1ccc(NC(=O)CSc2ccccc2C(=O)NCC(C)CN)cc1.Cl. The van der Waals surface area contributed by atoms with E-state index in [1.165, 1.54) is 11.8 Å². The second-order valence-corrected chi connectivity index (χ2v) is 7.27. The Bertz CT molecular complexity index is 753. The molecule has 0 aromatic heterocycles. The van der Waals surface area contributed by atoms with Crippen molar-refractivity contribution in [1.29, 1.82) is 0 Å². The van der Waals surface area contributed by atoms with Crippen LogP contribution in [0.2, 0.25) is 0 Å². The molecule has 0 bridgehead atoms. The predicted octanol–water partition coefficient (Wildman–Crippen LogP) is 3.47. The molecule has 0 heterocycles. The molecule has 4 N–H and O–H groups in total. The van der Waals surface area contributed by atoms with E-state index < -0.39 is 0 Å².